The van der Waals surface area contributed by atoms with Gasteiger partial charge in [-0.2, -0.15) is 5.10 Å². The van der Waals surface area contributed by atoms with Crippen LogP contribution in [0.4, 0.5) is 0 Å². The van der Waals surface area contributed by atoms with E-state index in [2.05, 4.69) is 42.3 Å². The third-order valence-electron chi connectivity index (χ3n) is 2.97. The van der Waals surface area contributed by atoms with Crippen molar-refractivity contribution in [3.05, 3.63) is 45.7 Å². The number of aromatic nitrogens is 2. The topological polar surface area (TPSA) is 76.5 Å². The Kier molecular flexibility index (Phi) is 7.63. The summed E-state index contributed by atoms with van der Waals surface area (Å²) in [5.74, 6) is 2.91. The van der Waals surface area contributed by atoms with E-state index in [4.69, 9.17) is 11.2 Å². The van der Waals surface area contributed by atoms with Crippen molar-refractivity contribution in [3.63, 3.8) is 0 Å². The molecule has 1 N–H and O–H groups in total. The smallest absolute Gasteiger partial charge is 0.250 e. The minimum absolute atomic E-state index is 0.154. The first-order valence-corrected chi connectivity index (χ1v) is 9.38. The highest BCUT2D eigenvalue weighted by Crippen LogP contribution is 2.21. The Balaban J connectivity index is 1.92. The minimum atomic E-state index is -0.255. The van der Waals surface area contributed by atoms with E-state index in [0.29, 0.717) is 16.5 Å². The SMILES string of the molecule is C#CCOc1ccc(Br)cc1/C=N\NC(=O)CSc1nc(C)cc(C)n1. The van der Waals surface area contributed by atoms with Gasteiger partial charge in [0.1, 0.15) is 12.4 Å². The first-order valence-electron chi connectivity index (χ1n) is 7.60. The standard InChI is InChI=1S/C18H17BrN4O2S/c1-4-7-25-16-6-5-15(19)9-14(16)10-20-23-17(24)11-26-18-21-12(2)8-13(3)22-18/h1,5-6,8-10H,7,11H2,2-3H3,(H,23,24)/b20-10-. The number of nitrogens with one attached hydrogen (secondary N) is 1. The molecule has 0 spiro atoms. The van der Waals surface area contributed by atoms with Crippen molar-refractivity contribution >= 4 is 39.8 Å². The van der Waals surface area contributed by atoms with Gasteiger partial charge in [-0.1, -0.05) is 33.6 Å². The summed E-state index contributed by atoms with van der Waals surface area (Å²) in [5, 5.41) is 4.54. The molecule has 0 bridgehead atoms. The maximum Gasteiger partial charge on any atom is 0.250 e. The van der Waals surface area contributed by atoms with Gasteiger partial charge in [-0.15, -0.1) is 6.42 Å². The molecule has 0 saturated heterocycles. The number of amides is 1. The van der Waals surface area contributed by atoms with E-state index < -0.39 is 0 Å². The van der Waals surface area contributed by atoms with Gasteiger partial charge in [-0.3, -0.25) is 4.79 Å². The zero-order valence-corrected chi connectivity index (χ0v) is 16.7. The van der Waals surface area contributed by atoms with Crippen LogP contribution in [0.2, 0.25) is 0 Å². The molecule has 0 radical (unpaired) electrons. The normalized spacial score (nSPS) is 10.5. The van der Waals surface area contributed by atoms with Crippen molar-refractivity contribution in [1.29, 1.82) is 0 Å². The Morgan fingerprint density at radius 1 is 1.38 bits per heavy atom. The van der Waals surface area contributed by atoms with E-state index in [0.717, 1.165) is 15.9 Å². The van der Waals surface area contributed by atoms with E-state index >= 15 is 0 Å². The van der Waals surface area contributed by atoms with Crippen LogP contribution in [-0.2, 0) is 4.79 Å². The number of hydrazone groups is 1. The number of thioether (sulfide) groups is 1. The number of carbonyl (C=O) groups is 1. The summed E-state index contributed by atoms with van der Waals surface area (Å²) >= 11 is 4.64. The van der Waals surface area contributed by atoms with E-state index in [1.807, 2.05) is 32.0 Å². The Bertz CT molecular complexity index is 845. The van der Waals surface area contributed by atoms with Gasteiger partial charge in [-0.05, 0) is 38.1 Å². The lowest BCUT2D eigenvalue weighted by Crippen LogP contribution is -2.20. The first-order chi connectivity index (χ1) is 12.5. The molecule has 26 heavy (non-hydrogen) atoms. The second-order valence-electron chi connectivity index (χ2n) is 5.19. The number of carbonyl (C=O) groups excluding carboxylic acids is 1. The molecule has 2 rings (SSSR count). The van der Waals surface area contributed by atoms with Gasteiger partial charge >= 0.3 is 0 Å². The van der Waals surface area contributed by atoms with Gasteiger partial charge in [0.2, 0.25) is 0 Å². The number of hydrogen-bond donors (Lipinski definition) is 1. The number of nitrogens with zero attached hydrogens (tertiary/aromatic N) is 3. The maximum absolute atomic E-state index is 11.9. The number of benzene rings is 1. The van der Waals surface area contributed by atoms with Crippen LogP contribution in [0.15, 0.2) is 39.0 Å². The van der Waals surface area contributed by atoms with Crippen LogP contribution >= 0.6 is 27.7 Å². The molecule has 6 nitrogen and oxygen atoms in total. The maximum atomic E-state index is 11.9. The number of aryl methyl sites for hydroxylation is 2. The molecule has 1 heterocycles. The lowest BCUT2D eigenvalue weighted by Gasteiger charge is -2.06. The lowest BCUT2D eigenvalue weighted by atomic mass is 10.2. The Morgan fingerprint density at radius 2 is 2.12 bits per heavy atom. The Morgan fingerprint density at radius 3 is 2.81 bits per heavy atom. The van der Waals surface area contributed by atoms with Gasteiger partial charge in [-0.25, -0.2) is 15.4 Å². The number of halogens is 1. The predicted molar refractivity (Wildman–Crippen MR) is 106 cm³/mol. The molecule has 0 atom stereocenters. The molecule has 0 saturated carbocycles. The molecule has 0 unspecified atom stereocenters. The largest absolute Gasteiger partial charge is 0.480 e. The summed E-state index contributed by atoms with van der Waals surface area (Å²) in [5.41, 5.74) is 4.91. The van der Waals surface area contributed by atoms with Crippen molar-refractivity contribution in [2.75, 3.05) is 12.4 Å². The van der Waals surface area contributed by atoms with Crippen LogP contribution in [0.5, 0.6) is 5.75 Å². The third-order valence-corrected chi connectivity index (χ3v) is 4.31. The fourth-order valence-corrected chi connectivity index (χ4v) is 3.09. The third kappa shape index (κ3) is 6.50. The Hall–Kier alpha value is -2.37. The summed E-state index contributed by atoms with van der Waals surface area (Å²) in [7, 11) is 0. The Labute approximate surface area is 165 Å². The minimum Gasteiger partial charge on any atom is -0.480 e. The monoisotopic (exact) mass is 432 g/mol. The summed E-state index contributed by atoms with van der Waals surface area (Å²) in [4.78, 5) is 20.5. The average molecular weight is 433 g/mol. The molecule has 0 aliphatic heterocycles. The number of terminal acetylenes is 1. The molecular weight excluding hydrogens is 416 g/mol. The van der Waals surface area contributed by atoms with Gasteiger partial charge in [0, 0.05) is 21.4 Å². The highest BCUT2D eigenvalue weighted by Gasteiger charge is 2.06. The number of hydrogen-bond acceptors (Lipinski definition) is 6. The molecule has 1 aromatic carbocycles. The molecule has 1 aromatic heterocycles. The fraction of sp³-hybridized carbons (Fsp3) is 0.222. The zero-order valence-electron chi connectivity index (χ0n) is 14.3. The molecule has 0 fully saturated rings. The molecular formula is C18H17BrN4O2S. The van der Waals surface area contributed by atoms with Crippen LogP contribution in [0, 0.1) is 26.2 Å². The zero-order chi connectivity index (χ0) is 18.9. The van der Waals surface area contributed by atoms with E-state index in [1.54, 1.807) is 6.07 Å². The molecule has 0 aliphatic carbocycles. The van der Waals surface area contributed by atoms with Gasteiger partial charge in [0.25, 0.3) is 5.91 Å². The summed E-state index contributed by atoms with van der Waals surface area (Å²) in [6.45, 7) is 3.93. The second kappa shape index (κ2) is 9.94. The van der Waals surface area contributed by atoms with Crippen LogP contribution in [0.25, 0.3) is 0 Å². The van der Waals surface area contributed by atoms with Crippen molar-refractivity contribution < 1.29 is 9.53 Å². The van der Waals surface area contributed by atoms with Crippen LogP contribution in [0.1, 0.15) is 17.0 Å². The van der Waals surface area contributed by atoms with Crippen molar-refractivity contribution in [2.24, 2.45) is 5.10 Å². The lowest BCUT2D eigenvalue weighted by molar-refractivity contribution is -0.118. The molecule has 8 heteroatoms. The van der Waals surface area contributed by atoms with Crippen LogP contribution in [-0.4, -0.2) is 34.4 Å². The summed E-state index contributed by atoms with van der Waals surface area (Å²) in [6.07, 6.45) is 6.72. The quantitative estimate of drug-likeness (QED) is 0.239. The van der Waals surface area contributed by atoms with Gasteiger partial charge < -0.3 is 4.74 Å². The molecule has 1 amide bonds. The van der Waals surface area contributed by atoms with Crippen LogP contribution < -0.4 is 10.2 Å². The van der Waals surface area contributed by atoms with E-state index in [-0.39, 0.29) is 18.3 Å². The molecule has 0 aliphatic rings. The van der Waals surface area contributed by atoms with E-state index in [1.165, 1.54) is 18.0 Å². The van der Waals surface area contributed by atoms with Crippen LogP contribution in [0.3, 0.4) is 0 Å². The summed E-state index contributed by atoms with van der Waals surface area (Å²) < 4.78 is 6.31. The highest BCUT2D eigenvalue weighted by atomic mass is 79.9. The first kappa shape index (κ1) is 19.9. The number of ether oxygens (including phenoxy) is 1. The van der Waals surface area contributed by atoms with Gasteiger partial charge in [0.05, 0.1) is 12.0 Å². The van der Waals surface area contributed by atoms with Gasteiger partial charge in [0.15, 0.2) is 5.16 Å². The summed E-state index contributed by atoms with van der Waals surface area (Å²) in [6, 6.07) is 7.31. The second-order valence-corrected chi connectivity index (χ2v) is 7.05. The van der Waals surface area contributed by atoms with E-state index in [9.17, 15) is 4.79 Å². The van der Waals surface area contributed by atoms with Crippen molar-refractivity contribution in [2.45, 2.75) is 19.0 Å². The fourth-order valence-electron chi connectivity index (χ4n) is 1.97. The average Bonchev–Trinajstić information content (AvgIpc) is 2.58. The predicted octanol–water partition coefficient (Wildman–Crippen LogP) is 3.11. The molecule has 134 valence electrons. The highest BCUT2D eigenvalue weighted by molar-refractivity contribution is 9.10. The molecule has 2 aromatic rings. The van der Waals surface area contributed by atoms with Crippen molar-refractivity contribution in [3.8, 4) is 18.1 Å². The van der Waals surface area contributed by atoms with Crippen molar-refractivity contribution in [1.82, 2.24) is 15.4 Å². The number of rotatable bonds is 7.